The highest BCUT2D eigenvalue weighted by molar-refractivity contribution is 5.94. The zero-order valence-electron chi connectivity index (χ0n) is 22.1. The summed E-state index contributed by atoms with van der Waals surface area (Å²) >= 11 is 0. The average molecular weight is 514 g/mol. The fourth-order valence-corrected chi connectivity index (χ4v) is 7.33. The molecule has 6 rings (SSSR count). The Morgan fingerprint density at radius 1 is 1.13 bits per heavy atom. The van der Waals surface area contributed by atoms with Crippen LogP contribution in [-0.4, -0.2) is 51.7 Å². The predicted molar refractivity (Wildman–Crippen MR) is 146 cm³/mol. The number of phenolic OH excluding ortho intramolecular Hbond substituents is 1. The molecule has 7 heteroatoms. The Balaban J connectivity index is 1.37. The highest BCUT2D eigenvalue weighted by atomic mass is 16.3. The van der Waals surface area contributed by atoms with Gasteiger partial charge in [0.15, 0.2) is 0 Å². The van der Waals surface area contributed by atoms with Crippen LogP contribution in [0.15, 0.2) is 53.3 Å². The molecule has 3 aromatic rings. The quantitative estimate of drug-likeness (QED) is 0.431. The molecule has 4 N–H and O–H groups in total. The third kappa shape index (κ3) is 3.87. The van der Waals surface area contributed by atoms with E-state index in [4.69, 9.17) is 0 Å². The van der Waals surface area contributed by atoms with Crippen LogP contribution in [0.25, 0.3) is 0 Å². The second kappa shape index (κ2) is 9.10. The van der Waals surface area contributed by atoms with Gasteiger partial charge >= 0.3 is 0 Å². The highest BCUT2D eigenvalue weighted by Gasteiger charge is 2.50. The van der Waals surface area contributed by atoms with E-state index in [-0.39, 0.29) is 28.7 Å². The summed E-state index contributed by atoms with van der Waals surface area (Å²) in [7, 11) is 2.15. The minimum absolute atomic E-state index is 0.0817. The molecule has 1 aliphatic heterocycles. The van der Waals surface area contributed by atoms with Crippen molar-refractivity contribution in [1.29, 1.82) is 0 Å². The number of pyridine rings is 1. The van der Waals surface area contributed by atoms with E-state index < -0.39 is 23.6 Å². The lowest BCUT2D eigenvalue weighted by atomic mass is 9.56. The summed E-state index contributed by atoms with van der Waals surface area (Å²) < 4.78 is 0. The number of nitrogens with one attached hydrogen (secondary N) is 2. The molecule has 38 heavy (non-hydrogen) atoms. The maximum absolute atomic E-state index is 13.4. The van der Waals surface area contributed by atoms with Gasteiger partial charge in [0, 0.05) is 23.6 Å². The van der Waals surface area contributed by atoms with Gasteiger partial charge in [-0.25, -0.2) is 0 Å². The monoisotopic (exact) mass is 513 g/mol. The van der Waals surface area contributed by atoms with Crippen molar-refractivity contribution in [1.82, 2.24) is 15.2 Å². The van der Waals surface area contributed by atoms with Gasteiger partial charge in [0.2, 0.25) is 0 Å². The topological polar surface area (TPSA) is 106 Å². The third-order valence-corrected chi connectivity index (χ3v) is 9.54. The molecule has 0 radical (unpaired) electrons. The Morgan fingerprint density at radius 2 is 1.92 bits per heavy atom. The second-order valence-electron chi connectivity index (χ2n) is 11.6. The molecule has 2 heterocycles. The van der Waals surface area contributed by atoms with Crippen LogP contribution < -0.4 is 10.9 Å². The number of phenols is 1. The molecule has 198 valence electrons. The first-order valence-corrected chi connectivity index (χ1v) is 13.5. The standard InChI is InChI=1S/C31H35N3O4/c1-17-8-9-21(35)15-24(17)31-10-11-34(3)18(2)25(31)13-20-12-23(29(37)32-26(20)16-31)30(38)33-28-22-7-5-4-6-19(22)14-27(28)36/h4-9,12,15,18,25,27-28,35-36H,10-11,13-14,16H2,1-3H3,(H,32,37)(H,33,38). The Morgan fingerprint density at radius 3 is 2.74 bits per heavy atom. The van der Waals surface area contributed by atoms with Crippen LogP contribution in [0.4, 0.5) is 0 Å². The molecule has 2 aliphatic carbocycles. The van der Waals surface area contributed by atoms with Crippen molar-refractivity contribution >= 4 is 5.91 Å². The van der Waals surface area contributed by atoms with Crippen molar-refractivity contribution < 1.29 is 15.0 Å². The van der Waals surface area contributed by atoms with Crippen LogP contribution in [-0.2, 0) is 24.7 Å². The normalized spacial score (nSPS) is 28.3. The number of piperidine rings is 1. The number of aromatic hydroxyl groups is 1. The molecule has 3 aliphatic rings. The molecule has 5 atom stereocenters. The van der Waals surface area contributed by atoms with Crippen molar-refractivity contribution in [3.8, 4) is 5.75 Å². The summed E-state index contributed by atoms with van der Waals surface area (Å²) in [5.41, 5.74) is 5.50. The molecular formula is C31H35N3O4. The van der Waals surface area contributed by atoms with Crippen LogP contribution in [0.1, 0.15) is 63.3 Å². The Kier molecular flexibility index (Phi) is 5.96. The summed E-state index contributed by atoms with van der Waals surface area (Å²) in [6.45, 7) is 5.27. The van der Waals surface area contributed by atoms with Crippen LogP contribution in [0, 0.1) is 12.8 Å². The van der Waals surface area contributed by atoms with E-state index in [0.717, 1.165) is 52.9 Å². The fourth-order valence-electron chi connectivity index (χ4n) is 7.33. The number of aromatic amines is 1. The van der Waals surface area contributed by atoms with Crippen LogP contribution in [0.3, 0.4) is 0 Å². The van der Waals surface area contributed by atoms with Gasteiger partial charge in [0.25, 0.3) is 11.5 Å². The molecule has 0 spiro atoms. The van der Waals surface area contributed by atoms with Gasteiger partial charge in [-0.15, -0.1) is 0 Å². The van der Waals surface area contributed by atoms with Crippen LogP contribution >= 0.6 is 0 Å². The molecule has 1 fully saturated rings. The smallest absolute Gasteiger partial charge is 0.261 e. The van der Waals surface area contributed by atoms with Gasteiger partial charge in [-0.1, -0.05) is 30.3 Å². The first-order valence-electron chi connectivity index (χ1n) is 13.5. The molecule has 1 aromatic heterocycles. The summed E-state index contributed by atoms with van der Waals surface area (Å²) in [5.74, 6) is 0.0381. The molecule has 0 bridgehead atoms. The Bertz CT molecular complexity index is 1480. The first-order chi connectivity index (χ1) is 18.2. The number of amides is 1. The number of aliphatic hydroxyl groups excluding tert-OH is 1. The molecule has 0 saturated carbocycles. The molecular weight excluding hydrogens is 478 g/mol. The average Bonchev–Trinajstić information content (AvgIpc) is 3.21. The zero-order chi connectivity index (χ0) is 26.8. The number of benzene rings is 2. The van der Waals surface area contributed by atoms with Crippen LogP contribution in [0.5, 0.6) is 5.75 Å². The zero-order valence-corrected chi connectivity index (χ0v) is 22.1. The molecule has 5 unspecified atom stereocenters. The van der Waals surface area contributed by atoms with E-state index in [1.807, 2.05) is 36.4 Å². The summed E-state index contributed by atoms with van der Waals surface area (Å²) in [5, 5.41) is 23.9. The number of aryl methyl sites for hydroxylation is 1. The first kappa shape index (κ1) is 24.9. The van der Waals surface area contributed by atoms with Gasteiger partial charge in [-0.3, -0.25) is 9.59 Å². The van der Waals surface area contributed by atoms with E-state index in [2.05, 4.69) is 36.1 Å². The minimum Gasteiger partial charge on any atom is -0.508 e. The van der Waals surface area contributed by atoms with E-state index in [1.165, 1.54) is 0 Å². The lowest BCUT2D eigenvalue weighted by molar-refractivity contribution is 0.0448. The second-order valence-corrected chi connectivity index (χ2v) is 11.6. The van der Waals surface area contributed by atoms with E-state index >= 15 is 0 Å². The van der Waals surface area contributed by atoms with E-state index in [0.29, 0.717) is 12.8 Å². The lowest BCUT2D eigenvalue weighted by Gasteiger charge is -2.54. The number of carbonyl (C=O) groups is 1. The summed E-state index contributed by atoms with van der Waals surface area (Å²) in [6, 6.07) is 14.8. The largest absolute Gasteiger partial charge is 0.508 e. The van der Waals surface area contributed by atoms with Crippen LogP contribution in [0.2, 0.25) is 0 Å². The number of likely N-dealkylation sites (tertiary alicyclic amines) is 1. The number of fused-ring (bicyclic) bond motifs is 3. The number of rotatable bonds is 3. The van der Waals surface area contributed by atoms with Crippen molar-refractivity contribution in [3.05, 3.63) is 98.0 Å². The Labute approximate surface area is 222 Å². The van der Waals surface area contributed by atoms with Gasteiger partial charge in [0.1, 0.15) is 11.3 Å². The van der Waals surface area contributed by atoms with Crippen molar-refractivity contribution in [3.63, 3.8) is 0 Å². The number of nitrogens with zero attached hydrogens (tertiary/aromatic N) is 1. The SMILES string of the molecule is Cc1ccc(O)cc1C12CCN(C)C(C)C1Cc1cc(C(=O)NC3c4ccccc4CC3O)c(=O)[nH]c1C2. The number of aromatic nitrogens is 1. The van der Waals surface area contributed by atoms with Crippen molar-refractivity contribution in [2.45, 2.75) is 63.1 Å². The van der Waals surface area contributed by atoms with E-state index in [1.54, 1.807) is 12.1 Å². The predicted octanol–water partition coefficient (Wildman–Crippen LogP) is 3.15. The number of hydrogen-bond acceptors (Lipinski definition) is 5. The van der Waals surface area contributed by atoms with Crippen molar-refractivity contribution in [2.75, 3.05) is 13.6 Å². The molecule has 1 amide bonds. The third-order valence-electron chi connectivity index (χ3n) is 9.54. The lowest BCUT2D eigenvalue weighted by Crippen LogP contribution is -2.57. The number of H-pyrrole nitrogens is 1. The van der Waals surface area contributed by atoms with Gasteiger partial charge in [-0.2, -0.15) is 0 Å². The van der Waals surface area contributed by atoms with Gasteiger partial charge in [0.05, 0.1) is 12.1 Å². The molecule has 1 saturated heterocycles. The number of hydrogen-bond donors (Lipinski definition) is 4. The van der Waals surface area contributed by atoms with E-state index in [9.17, 15) is 19.8 Å². The molecule has 2 aromatic carbocycles. The van der Waals surface area contributed by atoms with Gasteiger partial charge in [-0.05, 0) is 98.6 Å². The number of aliphatic hydroxyl groups is 1. The fraction of sp³-hybridized carbons (Fsp3) is 0.419. The van der Waals surface area contributed by atoms with Crippen molar-refractivity contribution in [2.24, 2.45) is 5.92 Å². The number of carbonyl (C=O) groups excluding carboxylic acids is 1. The maximum atomic E-state index is 13.4. The highest BCUT2D eigenvalue weighted by Crippen LogP contribution is 2.50. The summed E-state index contributed by atoms with van der Waals surface area (Å²) in [6.07, 6.45) is 2.05. The summed E-state index contributed by atoms with van der Waals surface area (Å²) in [4.78, 5) is 32.0. The Hall–Kier alpha value is -3.42. The maximum Gasteiger partial charge on any atom is 0.261 e. The van der Waals surface area contributed by atoms with Gasteiger partial charge < -0.3 is 25.4 Å². The molecule has 7 nitrogen and oxygen atoms in total. The minimum atomic E-state index is -0.724.